The molecule has 1 aromatic heterocycles. The molecule has 3 heteroatoms. The van der Waals surface area contributed by atoms with Gasteiger partial charge in [0.05, 0.1) is 11.4 Å². The molecule has 1 aliphatic carbocycles. The number of rotatable bonds is 2. The van der Waals surface area contributed by atoms with Crippen molar-refractivity contribution >= 4 is 21.6 Å². The zero-order valence-corrected chi connectivity index (χ0v) is 12.5. The number of anilines is 1. The SMILES string of the molecule is Cc1nc(Br)ccc1NC1CCCC(C)(C)C1. The van der Waals surface area contributed by atoms with Crippen molar-refractivity contribution in [2.45, 2.75) is 52.5 Å². The van der Waals surface area contributed by atoms with E-state index in [1.165, 1.54) is 31.4 Å². The van der Waals surface area contributed by atoms with E-state index >= 15 is 0 Å². The van der Waals surface area contributed by atoms with Gasteiger partial charge in [-0.15, -0.1) is 0 Å². The summed E-state index contributed by atoms with van der Waals surface area (Å²) in [5, 5.41) is 3.65. The molecular formula is C14H21BrN2. The maximum Gasteiger partial charge on any atom is 0.106 e. The Morgan fingerprint density at radius 2 is 2.18 bits per heavy atom. The van der Waals surface area contributed by atoms with E-state index in [9.17, 15) is 0 Å². The highest BCUT2D eigenvalue weighted by atomic mass is 79.9. The van der Waals surface area contributed by atoms with Crippen molar-refractivity contribution in [3.05, 3.63) is 22.4 Å². The van der Waals surface area contributed by atoms with Crippen LogP contribution >= 0.6 is 15.9 Å². The fourth-order valence-corrected chi connectivity index (χ4v) is 3.12. The first-order valence-corrected chi connectivity index (χ1v) is 7.15. The minimum Gasteiger partial charge on any atom is -0.381 e. The number of hydrogen-bond donors (Lipinski definition) is 1. The van der Waals surface area contributed by atoms with Crippen molar-refractivity contribution in [2.75, 3.05) is 5.32 Å². The van der Waals surface area contributed by atoms with Gasteiger partial charge in [-0.05, 0) is 59.7 Å². The third kappa shape index (κ3) is 3.44. The number of nitrogens with one attached hydrogen (secondary N) is 1. The lowest BCUT2D eigenvalue weighted by Crippen LogP contribution is -2.32. The zero-order chi connectivity index (χ0) is 12.5. The monoisotopic (exact) mass is 296 g/mol. The van der Waals surface area contributed by atoms with Crippen LogP contribution in [0.5, 0.6) is 0 Å². The molecule has 1 aliphatic rings. The Hall–Kier alpha value is -0.570. The number of aromatic nitrogens is 1. The molecule has 0 aromatic carbocycles. The molecule has 1 saturated carbocycles. The van der Waals surface area contributed by atoms with Crippen LogP contribution in [0.25, 0.3) is 0 Å². The Morgan fingerprint density at radius 3 is 2.82 bits per heavy atom. The minimum absolute atomic E-state index is 0.479. The van der Waals surface area contributed by atoms with Gasteiger partial charge in [-0.2, -0.15) is 0 Å². The Kier molecular flexibility index (Phi) is 3.76. The standard InChI is InChI=1S/C14H21BrN2/c1-10-12(6-7-13(15)16-10)17-11-5-4-8-14(2,3)9-11/h6-7,11,17H,4-5,8-9H2,1-3H3. The third-order valence-corrected chi connectivity index (χ3v) is 4.06. The summed E-state index contributed by atoms with van der Waals surface area (Å²) >= 11 is 3.40. The van der Waals surface area contributed by atoms with Crippen LogP contribution in [0.2, 0.25) is 0 Å². The molecule has 17 heavy (non-hydrogen) atoms. The predicted octanol–water partition coefficient (Wildman–Crippen LogP) is 4.53. The van der Waals surface area contributed by atoms with Crippen molar-refractivity contribution in [1.82, 2.24) is 4.98 Å². The summed E-state index contributed by atoms with van der Waals surface area (Å²) in [5.41, 5.74) is 2.73. The van der Waals surface area contributed by atoms with Gasteiger partial charge in [0.2, 0.25) is 0 Å². The predicted molar refractivity (Wildman–Crippen MR) is 76.3 cm³/mol. The number of nitrogens with zero attached hydrogens (tertiary/aromatic N) is 1. The summed E-state index contributed by atoms with van der Waals surface area (Å²) < 4.78 is 0.907. The zero-order valence-electron chi connectivity index (χ0n) is 10.9. The smallest absolute Gasteiger partial charge is 0.106 e. The van der Waals surface area contributed by atoms with Gasteiger partial charge in [-0.1, -0.05) is 20.3 Å². The van der Waals surface area contributed by atoms with Gasteiger partial charge in [-0.3, -0.25) is 0 Å². The van der Waals surface area contributed by atoms with Gasteiger partial charge in [-0.25, -0.2) is 4.98 Å². The van der Waals surface area contributed by atoms with Gasteiger partial charge in [0, 0.05) is 6.04 Å². The second kappa shape index (κ2) is 4.97. The molecule has 1 aromatic rings. The summed E-state index contributed by atoms with van der Waals surface area (Å²) in [6, 6.07) is 4.72. The molecule has 1 heterocycles. The lowest BCUT2D eigenvalue weighted by molar-refractivity contribution is 0.229. The number of halogens is 1. The number of pyridine rings is 1. The van der Waals surface area contributed by atoms with E-state index in [4.69, 9.17) is 0 Å². The van der Waals surface area contributed by atoms with Crippen LogP contribution in [0.3, 0.4) is 0 Å². The second-order valence-electron chi connectivity index (χ2n) is 5.87. The Morgan fingerprint density at radius 1 is 1.41 bits per heavy atom. The van der Waals surface area contributed by atoms with E-state index < -0.39 is 0 Å². The Balaban J connectivity index is 2.05. The summed E-state index contributed by atoms with van der Waals surface area (Å²) in [6.45, 7) is 6.79. The van der Waals surface area contributed by atoms with Gasteiger partial charge in [0.1, 0.15) is 4.60 Å². The first-order chi connectivity index (χ1) is 7.96. The molecule has 0 saturated heterocycles. The highest BCUT2D eigenvalue weighted by Crippen LogP contribution is 2.36. The molecule has 0 radical (unpaired) electrons. The van der Waals surface area contributed by atoms with Crippen LogP contribution in [0.1, 0.15) is 45.2 Å². The minimum atomic E-state index is 0.479. The van der Waals surface area contributed by atoms with Crippen molar-refractivity contribution in [3.63, 3.8) is 0 Å². The normalized spacial score (nSPS) is 23.4. The molecule has 1 unspecified atom stereocenters. The largest absolute Gasteiger partial charge is 0.381 e. The number of aryl methyl sites for hydroxylation is 1. The van der Waals surface area contributed by atoms with Crippen LogP contribution in [0, 0.1) is 12.3 Å². The number of hydrogen-bond acceptors (Lipinski definition) is 2. The quantitative estimate of drug-likeness (QED) is 0.811. The fourth-order valence-electron chi connectivity index (χ4n) is 2.72. The van der Waals surface area contributed by atoms with Crippen LogP contribution < -0.4 is 5.32 Å². The molecule has 94 valence electrons. The van der Waals surface area contributed by atoms with Crippen molar-refractivity contribution in [3.8, 4) is 0 Å². The van der Waals surface area contributed by atoms with Gasteiger partial charge < -0.3 is 5.32 Å². The highest BCUT2D eigenvalue weighted by molar-refractivity contribution is 9.10. The summed E-state index contributed by atoms with van der Waals surface area (Å²) in [4.78, 5) is 4.43. The summed E-state index contributed by atoms with van der Waals surface area (Å²) in [7, 11) is 0. The van der Waals surface area contributed by atoms with E-state index in [1.807, 2.05) is 6.07 Å². The van der Waals surface area contributed by atoms with E-state index in [-0.39, 0.29) is 0 Å². The van der Waals surface area contributed by atoms with Crippen molar-refractivity contribution < 1.29 is 0 Å². The lowest BCUT2D eigenvalue weighted by atomic mass is 9.75. The first-order valence-electron chi connectivity index (χ1n) is 6.36. The molecule has 1 N–H and O–H groups in total. The Labute approximate surface area is 112 Å². The molecule has 2 nitrogen and oxygen atoms in total. The van der Waals surface area contributed by atoms with Gasteiger partial charge >= 0.3 is 0 Å². The molecule has 2 rings (SSSR count). The van der Waals surface area contributed by atoms with Crippen molar-refractivity contribution in [2.24, 2.45) is 5.41 Å². The molecule has 0 bridgehead atoms. The van der Waals surface area contributed by atoms with Crippen LogP contribution in [-0.2, 0) is 0 Å². The van der Waals surface area contributed by atoms with E-state index in [0.717, 1.165) is 10.3 Å². The molecule has 0 aliphatic heterocycles. The molecule has 0 spiro atoms. The van der Waals surface area contributed by atoms with E-state index in [0.29, 0.717) is 11.5 Å². The van der Waals surface area contributed by atoms with E-state index in [2.05, 4.69) is 53.1 Å². The maximum atomic E-state index is 4.43. The molecule has 1 atom stereocenters. The first kappa shape index (κ1) is 12.9. The molecule has 1 fully saturated rings. The van der Waals surface area contributed by atoms with Crippen LogP contribution in [-0.4, -0.2) is 11.0 Å². The average Bonchev–Trinajstić information content (AvgIpc) is 2.21. The average molecular weight is 297 g/mol. The van der Waals surface area contributed by atoms with Crippen molar-refractivity contribution in [1.29, 1.82) is 0 Å². The summed E-state index contributed by atoms with van der Waals surface area (Å²) in [6.07, 6.45) is 5.21. The van der Waals surface area contributed by atoms with E-state index in [1.54, 1.807) is 0 Å². The lowest BCUT2D eigenvalue weighted by Gasteiger charge is -2.36. The van der Waals surface area contributed by atoms with Crippen LogP contribution in [0.4, 0.5) is 5.69 Å². The Bertz CT molecular complexity index is 401. The van der Waals surface area contributed by atoms with Gasteiger partial charge in [0.15, 0.2) is 0 Å². The topological polar surface area (TPSA) is 24.9 Å². The highest BCUT2D eigenvalue weighted by Gasteiger charge is 2.27. The molecular weight excluding hydrogens is 276 g/mol. The third-order valence-electron chi connectivity index (χ3n) is 3.62. The maximum absolute atomic E-state index is 4.43. The second-order valence-corrected chi connectivity index (χ2v) is 6.68. The van der Waals surface area contributed by atoms with Gasteiger partial charge in [0.25, 0.3) is 0 Å². The molecule has 0 amide bonds. The fraction of sp³-hybridized carbons (Fsp3) is 0.643. The summed E-state index contributed by atoms with van der Waals surface area (Å²) in [5.74, 6) is 0. The van der Waals surface area contributed by atoms with Crippen LogP contribution in [0.15, 0.2) is 16.7 Å².